The average Bonchev–Trinajstić information content (AvgIpc) is 2.80. The summed E-state index contributed by atoms with van der Waals surface area (Å²) in [5.74, 6) is 0.572. The molecule has 1 saturated carbocycles. The van der Waals surface area contributed by atoms with Gasteiger partial charge in [0.25, 0.3) is 0 Å². The Morgan fingerprint density at radius 1 is 1.28 bits per heavy atom. The van der Waals surface area contributed by atoms with E-state index in [0.29, 0.717) is 12.5 Å². The summed E-state index contributed by atoms with van der Waals surface area (Å²) in [4.78, 5) is 0. The summed E-state index contributed by atoms with van der Waals surface area (Å²) in [5, 5.41) is 3.40. The zero-order valence-electron chi connectivity index (χ0n) is 11.1. The highest BCUT2D eigenvalue weighted by Crippen LogP contribution is 2.28. The maximum absolute atomic E-state index is 12.0. The van der Waals surface area contributed by atoms with Crippen LogP contribution < -0.4 is 5.32 Å². The van der Waals surface area contributed by atoms with Crippen molar-refractivity contribution >= 4 is 0 Å². The molecule has 5 heteroatoms. The van der Waals surface area contributed by atoms with E-state index in [-0.39, 0.29) is 12.6 Å². The highest BCUT2D eigenvalue weighted by Gasteiger charge is 2.28. The predicted octanol–water partition coefficient (Wildman–Crippen LogP) is 3.51. The third kappa shape index (κ3) is 6.59. The lowest BCUT2D eigenvalue weighted by Crippen LogP contribution is -2.39. The fourth-order valence-electron chi connectivity index (χ4n) is 2.45. The van der Waals surface area contributed by atoms with Crippen molar-refractivity contribution in [3.8, 4) is 0 Å². The molecule has 1 fully saturated rings. The summed E-state index contributed by atoms with van der Waals surface area (Å²) in [6.45, 7) is 3.17. The van der Waals surface area contributed by atoms with Crippen molar-refractivity contribution in [1.82, 2.24) is 5.32 Å². The molecule has 1 N–H and O–H groups in total. The molecule has 1 rings (SSSR count). The molecule has 18 heavy (non-hydrogen) atoms. The fourth-order valence-corrected chi connectivity index (χ4v) is 2.45. The molecule has 0 amide bonds. The van der Waals surface area contributed by atoms with E-state index in [2.05, 4.69) is 12.2 Å². The Bertz CT molecular complexity index is 215. The van der Waals surface area contributed by atoms with Gasteiger partial charge < -0.3 is 10.1 Å². The van der Waals surface area contributed by atoms with Crippen LogP contribution >= 0.6 is 0 Å². The van der Waals surface area contributed by atoms with Gasteiger partial charge in [-0.1, -0.05) is 19.8 Å². The quantitative estimate of drug-likeness (QED) is 0.679. The van der Waals surface area contributed by atoms with Gasteiger partial charge in [-0.3, -0.25) is 0 Å². The molecule has 0 aromatic carbocycles. The molecule has 0 spiro atoms. The second-order valence-corrected chi connectivity index (χ2v) is 5.05. The molecule has 0 aliphatic heterocycles. The Hall–Kier alpha value is -0.290. The molecule has 108 valence electrons. The van der Waals surface area contributed by atoms with Crippen LogP contribution in [0.25, 0.3) is 0 Å². The van der Waals surface area contributed by atoms with Gasteiger partial charge >= 0.3 is 6.18 Å². The van der Waals surface area contributed by atoms with Gasteiger partial charge in [-0.25, -0.2) is 0 Å². The summed E-state index contributed by atoms with van der Waals surface area (Å²) in [7, 11) is 0. The normalized spacial score (nSPS) is 19.3. The highest BCUT2D eigenvalue weighted by atomic mass is 19.4. The minimum absolute atomic E-state index is 0.222. The zero-order valence-corrected chi connectivity index (χ0v) is 11.1. The molecular weight excluding hydrogens is 243 g/mol. The lowest BCUT2D eigenvalue weighted by Gasteiger charge is -2.24. The summed E-state index contributed by atoms with van der Waals surface area (Å²) in [5.41, 5.74) is 0. The van der Waals surface area contributed by atoms with Gasteiger partial charge in [-0.2, -0.15) is 13.2 Å². The Morgan fingerprint density at radius 2 is 1.94 bits per heavy atom. The zero-order chi connectivity index (χ0) is 13.4. The Labute approximate surface area is 107 Å². The van der Waals surface area contributed by atoms with E-state index in [0.717, 1.165) is 13.0 Å². The van der Waals surface area contributed by atoms with Crippen LogP contribution in [0.2, 0.25) is 0 Å². The van der Waals surface area contributed by atoms with E-state index in [1.165, 1.54) is 25.7 Å². The standard InChI is InChI=1S/C13H24F3NO/c1-2-8-17-12(11-5-3-4-6-11)10-18-9-7-13(14,15)16/h11-12,17H,2-10H2,1H3. The first-order chi connectivity index (χ1) is 8.53. The fraction of sp³-hybridized carbons (Fsp3) is 1.00. The van der Waals surface area contributed by atoms with E-state index in [1.807, 2.05) is 0 Å². The largest absolute Gasteiger partial charge is 0.391 e. The van der Waals surface area contributed by atoms with Gasteiger partial charge in [0, 0.05) is 6.04 Å². The number of halogens is 3. The molecule has 0 aromatic heterocycles. The first-order valence-electron chi connectivity index (χ1n) is 6.91. The van der Waals surface area contributed by atoms with Crippen molar-refractivity contribution < 1.29 is 17.9 Å². The summed E-state index contributed by atoms with van der Waals surface area (Å²) >= 11 is 0. The number of alkyl halides is 3. The minimum atomic E-state index is -4.11. The summed E-state index contributed by atoms with van der Waals surface area (Å²) in [6, 6.07) is 0.223. The van der Waals surface area contributed by atoms with Crippen LogP contribution in [0.5, 0.6) is 0 Å². The number of hydrogen-bond donors (Lipinski definition) is 1. The molecule has 0 saturated heterocycles. The van der Waals surface area contributed by atoms with Gasteiger partial charge in [0.05, 0.1) is 19.6 Å². The van der Waals surface area contributed by atoms with Crippen molar-refractivity contribution in [3.05, 3.63) is 0 Å². The van der Waals surface area contributed by atoms with Crippen LogP contribution in [-0.4, -0.2) is 32.0 Å². The van der Waals surface area contributed by atoms with Crippen molar-refractivity contribution in [1.29, 1.82) is 0 Å². The molecule has 1 unspecified atom stereocenters. The molecule has 1 aliphatic rings. The van der Waals surface area contributed by atoms with Crippen molar-refractivity contribution in [2.75, 3.05) is 19.8 Å². The Kier molecular flexibility index (Phi) is 7.00. The van der Waals surface area contributed by atoms with Crippen LogP contribution in [0, 0.1) is 5.92 Å². The monoisotopic (exact) mass is 267 g/mol. The van der Waals surface area contributed by atoms with E-state index in [9.17, 15) is 13.2 Å². The Balaban J connectivity index is 2.23. The van der Waals surface area contributed by atoms with Crippen LogP contribution in [0.3, 0.4) is 0 Å². The second-order valence-electron chi connectivity index (χ2n) is 5.05. The first kappa shape index (κ1) is 15.8. The van der Waals surface area contributed by atoms with Gasteiger partial charge in [-0.05, 0) is 31.7 Å². The van der Waals surface area contributed by atoms with Crippen LogP contribution in [-0.2, 0) is 4.74 Å². The van der Waals surface area contributed by atoms with Crippen LogP contribution in [0.1, 0.15) is 45.4 Å². The van der Waals surface area contributed by atoms with E-state index in [4.69, 9.17) is 4.74 Å². The number of ether oxygens (including phenoxy) is 1. The van der Waals surface area contributed by atoms with Gasteiger partial charge in [-0.15, -0.1) is 0 Å². The van der Waals surface area contributed by atoms with Crippen LogP contribution in [0.15, 0.2) is 0 Å². The predicted molar refractivity (Wildman–Crippen MR) is 65.5 cm³/mol. The topological polar surface area (TPSA) is 21.3 Å². The van der Waals surface area contributed by atoms with Crippen LogP contribution in [0.4, 0.5) is 13.2 Å². The van der Waals surface area contributed by atoms with Crippen molar-refractivity contribution in [2.24, 2.45) is 5.92 Å². The SMILES string of the molecule is CCCNC(COCCC(F)(F)F)C1CCCC1. The number of hydrogen-bond acceptors (Lipinski definition) is 2. The third-order valence-corrected chi connectivity index (χ3v) is 3.45. The summed E-state index contributed by atoms with van der Waals surface area (Å²) in [6.07, 6.45) is 0.882. The minimum Gasteiger partial charge on any atom is -0.379 e. The third-order valence-electron chi connectivity index (χ3n) is 3.45. The molecule has 0 radical (unpaired) electrons. The first-order valence-corrected chi connectivity index (χ1v) is 6.91. The smallest absolute Gasteiger partial charge is 0.379 e. The second kappa shape index (κ2) is 8.00. The molecular formula is C13H24F3NO. The van der Waals surface area contributed by atoms with E-state index in [1.54, 1.807) is 0 Å². The summed E-state index contributed by atoms with van der Waals surface area (Å²) < 4.78 is 41.2. The molecule has 0 bridgehead atoms. The van der Waals surface area contributed by atoms with E-state index >= 15 is 0 Å². The van der Waals surface area contributed by atoms with Crippen molar-refractivity contribution in [3.63, 3.8) is 0 Å². The molecule has 0 heterocycles. The Morgan fingerprint density at radius 3 is 2.50 bits per heavy atom. The molecule has 0 aromatic rings. The lowest BCUT2D eigenvalue weighted by atomic mass is 9.99. The maximum Gasteiger partial charge on any atom is 0.391 e. The van der Waals surface area contributed by atoms with Crippen molar-refractivity contribution in [2.45, 2.75) is 57.7 Å². The molecule has 1 atom stereocenters. The molecule has 2 nitrogen and oxygen atoms in total. The van der Waals surface area contributed by atoms with E-state index < -0.39 is 12.6 Å². The average molecular weight is 267 g/mol. The molecule has 1 aliphatic carbocycles. The van der Waals surface area contributed by atoms with Gasteiger partial charge in [0.2, 0.25) is 0 Å². The van der Waals surface area contributed by atoms with Gasteiger partial charge in [0.1, 0.15) is 0 Å². The number of nitrogens with one attached hydrogen (secondary N) is 1. The number of rotatable bonds is 8. The maximum atomic E-state index is 12.0. The lowest BCUT2D eigenvalue weighted by molar-refractivity contribution is -0.145. The van der Waals surface area contributed by atoms with Gasteiger partial charge in [0.15, 0.2) is 0 Å². The highest BCUT2D eigenvalue weighted by molar-refractivity contribution is 4.80.